The Hall–Kier alpha value is -1.36. The van der Waals surface area contributed by atoms with Gasteiger partial charge in [-0.3, -0.25) is 4.79 Å². The highest BCUT2D eigenvalue weighted by molar-refractivity contribution is 5.91. The number of carbonyl (C=O) groups excluding carboxylic acids is 1. The van der Waals surface area contributed by atoms with E-state index >= 15 is 0 Å². The summed E-state index contributed by atoms with van der Waals surface area (Å²) in [5.41, 5.74) is 6.53. The lowest BCUT2D eigenvalue weighted by atomic mass is 9.92. The molecule has 0 fully saturated rings. The number of nitrogens with two attached hydrogens (primary N) is 1. The van der Waals surface area contributed by atoms with E-state index in [0.717, 1.165) is 12.8 Å². The minimum Gasteiger partial charge on any atom is -0.446 e. The quantitative estimate of drug-likeness (QED) is 0.840. The number of amides is 1. The maximum absolute atomic E-state index is 11.9. The van der Waals surface area contributed by atoms with Crippen molar-refractivity contribution in [3.63, 3.8) is 0 Å². The molecule has 114 valence electrons. The van der Waals surface area contributed by atoms with Crippen molar-refractivity contribution in [2.24, 2.45) is 17.1 Å². The molecular formula is C15H27N3O2. The van der Waals surface area contributed by atoms with Crippen molar-refractivity contribution < 1.29 is 9.21 Å². The molecule has 0 aliphatic carbocycles. The summed E-state index contributed by atoms with van der Waals surface area (Å²) in [6.45, 7) is 11.1. The Morgan fingerprint density at radius 2 is 2.15 bits per heavy atom. The zero-order chi connectivity index (χ0) is 15.3. The summed E-state index contributed by atoms with van der Waals surface area (Å²) in [7, 11) is 0. The lowest BCUT2D eigenvalue weighted by Gasteiger charge is -2.17. The first-order chi connectivity index (χ1) is 9.24. The fourth-order valence-electron chi connectivity index (χ4n) is 1.68. The smallest absolute Gasteiger partial charge is 0.273 e. The highest BCUT2D eigenvalue weighted by Crippen LogP contribution is 2.21. The van der Waals surface area contributed by atoms with Crippen molar-refractivity contribution in [1.82, 2.24) is 10.3 Å². The average Bonchev–Trinajstić information content (AvgIpc) is 2.84. The third-order valence-corrected chi connectivity index (χ3v) is 3.46. The molecule has 0 aliphatic heterocycles. The number of carbonyl (C=O) groups is 1. The van der Waals surface area contributed by atoms with Crippen LogP contribution < -0.4 is 11.1 Å². The second-order valence-corrected chi connectivity index (χ2v) is 6.55. The van der Waals surface area contributed by atoms with Gasteiger partial charge in [-0.05, 0) is 17.8 Å². The Labute approximate surface area is 121 Å². The molecule has 1 rings (SSSR count). The first-order valence-electron chi connectivity index (χ1n) is 7.23. The first-order valence-corrected chi connectivity index (χ1v) is 7.23. The van der Waals surface area contributed by atoms with Gasteiger partial charge in [0.05, 0.1) is 6.04 Å². The normalized spacial score (nSPS) is 14.9. The van der Waals surface area contributed by atoms with Crippen LogP contribution in [0.15, 0.2) is 10.7 Å². The van der Waals surface area contributed by atoms with Crippen LogP contribution in [0.2, 0.25) is 0 Å². The van der Waals surface area contributed by atoms with E-state index in [1.807, 2.05) is 6.92 Å². The molecule has 1 aromatic heterocycles. The number of rotatable bonds is 6. The lowest BCUT2D eigenvalue weighted by molar-refractivity contribution is 0.0944. The van der Waals surface area contributed by atoms with E-state index in [1.54, 1.807) is 0 Å². The van der Waals surface area contributed by atoms with Gasteiger partial charge in [-0.1, -0.05) is 41.0 Å². The van der Waals surface area contributed by atoms with Crippen LogP contribution in [0.25, 0.3) is 0 Å². The summed E-state index contributed by atoms with van der Waals surface area (Å²) >= 11 is 0. The van der Waals surface area contributed by atoms with Crippen LogP contribution in [0.1, 0.15) is 69.9 Å². The number of oxazole rings is 1. The maximum Gasteiger partial charge on any atom is 0.273 e. The van der Waals surface area contributed by atoms with Crippen molar-refractivity contribution >= 4 is 5.91 Å². The fourth-order valence-corrected chi connectivity index (χ4v) is 1.68. The minimum atomic E-state index is -0.267. The van der Waals surface area contributed by atoms with E-state index in [9.17, 15) is 4.79 Å². The molecule has 0 bridgehead atoms. The van der Waals surface area contributed by atoms with Gasteiger partial charge < -0.3 is 15.5 Å². The molecule has 0 aliphatic rings. The summed E-state index contributed by atoms with van der Waals surface area (Å²) in [5.74, 6) is 0.492. The Balaban J connectivity index is 2.56. The standard InChI is InChI=1S/C15H27N3O2/c1-6-10(2)12(16)14-18-11(9-20-14)13(19)17-8-7-15(3,4)5/h9-10,12H,6-8,16H2,1-5H3,(H,17,19). The van der Waals surface area contributed by atoms with Crippen LogP contribution in [-0.2, 0) is 0 Å². The van der Waals surface area contributed by atoms with Crippen LogP contribution in [0.5, 0.6) is 0 Å². The number of hydrogen-bond acceptors (Lipinski definition) is 4. The third-order valence-electron chi connectivity index (χ3n) is 3.46. The van der Waals surface area contributed by atoms with Gasteiger partial charge in [0.15, 0.2) is 5.69 Å². The molecule has 0 radical (unpaired) electrons. The second kappa shape index (κ2) is 6.88. The number of nitrogens with one attached hydrogen (secondary N) is 1. The van der Waals surface area contributed by atoms with Gasteiger partial charge in [-0.15, -0.1) is 0 Å². The molecule has 1 aromatic rings. The summed E-state index contributed by atoms with van der Waals surface area (Å²) in [4.78, 5) is 16.1. The molecule has 2 atom stereocenters. The van der Waals surface area contributed by atoms with E-state index in [0.29, 0.717) is 18.1 Å². The highest BCUT2D eigenvalue weighted by atomic mass is 16.3. The highest BCUT2D eigenvalue weighted by Gasteiger charge is 2.21. The van der Waals surface area contributed by atoms with Gasteiger partial charge in [0, 0.05) is 6.54 Å². The van der Waals surface area contributed by atoms with Crippen molar-refractivity contribution in [3.05, 3.63) is 17.8 Å². The summed E-state index contributed by atoms with van der Waals surface area (Å²) < 4.78 is 5.32. The zero-order valence-electron chi connectivity index (χ0n) is 13.2. The summed E-state index contributed by atoms with van der Waals surface area (Å²) in [5, 5.41) is 2.85. The van der Waals surface area contributed by atoms with E-state index in [4.69, 9.17) is 10.2 Å². The zero-order valence-corrected chi connectivity index (χ0v) is 13.2. The minimum absolute atomic E-state index is 0.196. The van der Waals surface area contributed by atoms with Crippen molar-refractivity contribution in [1.29, 1.82) is 0 Å². The van der Waals surface area contributed by atoms with Crippen LogP contribution >= 0.6 is 0 Å². The van der Waals surface area contributed by atoms with E-state index in [1.165, 1.54) is 6.26 Å². The summed E-state index contributed by atoms with van der Waals surface area (Å²) in [6, 6.07) is -0.267. The third kappa shape index (κ3) is 4.96. The number of nitrogens with zero attached hydrogens (tertiary/aromatic N) is 1. The molecule has 1 amide bonds. The molecule has 1 heterocycles. The predicted molar refractivity (Wildman–Crippen MR) is 79.3 cm³/mol. The molecular weight excluding hydrogens is 254 g/mol. The molecule has 20 heavy (non-hydrogen) atoms. The molecule has 0 spiro atoms. The lowest BCUT2D eigenvalue weighted by Crippen LogP contribution is -2.27. The first kappa shape index (κ1) is 16.7. The van der Waals surface area contributed by atoms with Crippen LogP contribution in [0, 0.1) is 11.3 Å². The van der Waals surface area contributed by atoms with Crippen LogP contribution in [0.3, 0.4) is 0 Å². The molecule has 0 saturated carbocycles. The monoisotopic (exact) mass is 281 g/mol. The van der Waals surface area contributed by atoms with Gasteiger partial charge in [-0.25, -0.2) is 4.98 Å². The Kier molecular flexibility index (Phi) is 5.74. The average molecular weight is 281 g/mol. The molecule has 2 unspecified atom stereocenters. The summed E-state index contributed by atoms with van der Waals surface area (Å²) in [6.07, 6.45) is 3.23. The van der Waals surface area contributed by atoms with E-state index < -0.39 is 0 Å². The topological polar surface area (TPSA) is 81.1 Å². The van der Waals surface area contributed by atoms with Gasteiger partial charge in [0.2, 0.25) is 5.89 Å². The SMILES string of the molecule is CCC(C)C(N)c1nc(C(=O)NCCC(C)(C)C)co1. The predicted octanol–water partition coefficient (Wildman–Crippen LogP) is 2.89. The van der Waals surface area contributed by atoms with Crippen LogP contribution in [-0.4, -0.2) is 17.4 Å². The molecule has 5 heteroatoms. The van der Waals surface area contributed by atoms with E-state index in [-0.39, 0.29) is 23.3 Å². The van der Waals surface area contributed by atoms with Gasteiger partial charge in [0.25, 0.3) is 5.91 Å². The fraction of sp³-hybridized carbons (Fsp3) is 0.733. The van der Waals surface area contributed by atoms with Gasteiger partial charge >= 0.3 is 0 Å². The van der Waals surface area contributed by atoms with Gasteiger partial charge in [0.1, 0.15) is 6.26 Å². The molecule has 3 N–H and O–H groups in total. The Bertz CT molecular complexity index is 435. The van der Waals surface area contributed by atoms with Crippen molar-refractivity contribution in [3.8, 4) is 0 Å². The Morgan fingerprint density at radius 3 is 2.70 bits per heavy atom. The largest absolute Gasteiger partial charge is 0.446 e. The van der Waals surface area contributed by atoms with Gasteiger partial charge in [-0.2, -0.15) is 0 Å². The number of aromatic nitrogens is 1. The molecule has 5 nitrogen and oxygen atoms in total. The maximum atomic E-state index is 11.9. The second-order valence-electron chi connectivity index (χ2n) is 6.55. The Morgan fingerprint density at radius 1 is 1.50 bits per heavy atom. The van der Waals surface area contributed by atoms with Crippen molar-refractivity contribution in [2.75, 3.05) is 6.54 Å². The van der Waals surface area contributed by atoms with E-state index in [2.05, 4.69) is 38.0 Å². The molecule has 0 aromatic carbocycles. The van der Waals surface area contributed by atoms with Crippen LogP contribution in [0.4, 0.5) is 0 Å². The molecule has 0 saturated heterocycles. The van der Waals surface area contributed by atoms with Crippen molar-refractivity contribution in [2.45, 2.75) is 53.5 Å². The number of hydrogen-bond donors (Lipinski definition) is 2.